The average molecular weight is 375 g/mol. The normalized spacial score (nSPS) is 16.5. The van der Waals surface area contributed by atoms with Gasteiger partial charge >= 0.3 is 0 Å². The molecule has 2 aromatic carbocycles. The lowest BCUT2D eigenvalue weighted by molar-refractivity contribution is 0.181. The Morgan fingerprint density at radius 3 is 2.15 bits per heavy atom. The number of piperazine rings is 1. The Hall–Kier alpha value is -1.89. The first-order valence-electron chi connectivity index (χ1n) is 9.02. The second-order valence-electron chi connectivity index (χ2n) is 6.49. The van der Waals surface area contributed by atoms with Crippen LogP contribution in [-0.4, -0.2) is 50.4 Å². The lowest BCUT2D eigenvalue weighted by Crippen LogP contribution is -2.48. The van der Waals surface area contributed by atoms with Crippen molar-refractivity contribution in [1.29, 1.82) is 0 Å². The Labute approximate surface area is 156 Å². The topological polar surface area (TPSA) is 49.9 Å². The van der Waals surface area contributed by atoms with Gasteiger partial charge in [0, 0.05) is 32.7 Å². The second kappa shape index (κ2) is 8.66. The summed E-state index contributed by atoms with van der Waals surface area (Å²) in [4.78, 5) is 2.30. The molecule has 0 N–H and O–H groups in total. The zero-order valence-corrected chi connectivity index (χ0v) is 16.0. The van der Waals surface area contributed by atoms with Crippen LogP contribution in [0.15, 0.2) is 54.6 Å². The maximum Gasteiger partial charge on any atom is 0.218 e. The Kier molecular flexibility index (Phi) is 6.29. The van der Waals surface area contributed by atoms with Crippen molar-refractivity contribution in [2.24, 2.45) is 0 Å². The van der Waals surface area contributed by atoms with Crippen LogP contribution in [0.1, 0.15) is 18.1 Å². The molecule has 1 fully saturated rings. The first-order valence-corrected chi connectivity index (χ1v) is 10.6. The lowest BCUT2D eigenvalue weighted by atomic mass is 10.2. The molecular weight excluding hydrogens is 348 g/mol. The molecule has 5 nitrogen and oxygen atoms in total. The molecule has 1 heterocycles. The first kappa shape index (κ1) is 18.9. The molecule has 3 rings (SSSR count). The van der Waals surface area contributed by atoms with Crippen molar-refractivity contribution in [1.82, 2.24) is 9.21 Å². The van der Waals surface area contributed by atoms with Crippen LogP contribution in [0.2, 0.25) is 0 Å². The molecule has 0 atom stereocenters. The molecule has 0 bridgehead atoms. The SMILES string of the molecule is CCOc1ccc(CN2CCN(S(=O)(=O)Cc3ccccc3)CC2)cc1. The van der Waals surface area contributed by atoms with Gasteiger partial charge in [0.15, 0.2) is 0 Å². The van der Waals surface area contributed by atoms with E-state index in [0.717, 1.165) is 30.9 Å². The first-order chi connectivity index (χ1) is 12.6. The molecule has 26 heavy (non-hydrogen) atoms. The number of rotatable bonds is 7. The van der Waals surface area contributed by atoms with E-state index in [1.54, 1.807) is 4.31 Å². The fraction of sp³-hybridized carbons (Fsp3) is 0.400. The molecular formula is C20H26N2O3S. The summed E-state index contributed by atoms with van der Waals surface area (Å²) in [5.74, 6) is 0.959. The number of hydrogen-bond acceptors (Lipinski definition) is 4. The Balaban J connectivity index is 1.52. The van der Waals surface area contributed by atoms with E-state index in [2.05, 4.69) is 17.0 Å². The molecule has 0 radical (unpaired) electrons. The average Bonchev–Trinajstić information content (AvgIpc) is 2.64. The quantitative estimate of drug-likeness (QED) is 0.748. The van der Waals surface area contributed by atoms with Gasteiger partial charge in [0.25, 0.3) is 0 Å². The molecule has 1 aliphatic rings. The fourth-order valence-electron chi connectivity index (χ4n) is 3.16. The van der Waals surface area contributed by atoms with Crippen molar-refractivity contribution in [3.8, 4) is 5.75 Å². The van der Waals surface area contributed by atoms with E-state index in [0.29, 0.717) is 19.7 Å². The van der Waals surface area contributed by atoms with E-state index in [4.69, 9.17) is 4.74 Å². The summed E-state index contributed by atoms with van der Waals surface area (Å²) in [6.45, 7) is 6.07. The van der Waals surface area contributed by atoms with Crippen molar-refractivity contribution in [3.63, 3.8) is 0 Å². The number of benzene rings is 2. The van der Waals surface area contributed by atoms with Crippen LogP contribution < -0.4 is 4.74 Å². The summed E-state index contributed by atoms with van der Waals surface area (Å²) in [5, 5.41) is 0. The molecule has 0 spiro atoms. The van der Waals surface area contributed by atoms with Crippen LogP contribution in [-0.2, 0) is 22.3 Å². The molecule has 0 unspecified atom stereocenters. The lowest BCUT2D eigenvalue weighted by Gasteiger charge is -2.34. The van der Waals surface area contributed by atoms with Crippen molar-refractivity contribution < 1.29 is 13.2 Å². The Bertz CT molecular complexity index is 784. The summed E-state index contributed by atoms with van der Waals surface area (Å²) in [6, 6.07) is 17.5. The predicted molar refractivity (Wildman–Crippen MR) is 104 cm³/mol. The van der Waals surface area contributed by atoms with E-state index in [1.807, 2.05) is 49.4 Å². The number of hydrogen-bond donors (Lipinski definition) is 0. The highest BCUT2D eigenvalue weighted by atomic mass is 32.2. The van der Waals surface area contributed by atoms with Gasteiger partial charge in [-0.2, -0.15) is 4.31 Å². The Morgan fingerprint density at radius 2 is 1.54 bits per heavy atom. The molecule has 0 saturated carbocycles. The van der Waals surface area contributed by atoms with E-state index in [-0.39, 0.29) is 5.75 Å². The minimum Gasteiger partial charge on any atom is -0.494 e. The molecule has 140 valence electrons. The van der Waals surface area contributed by atoms with Crippen LogP contribution in [0.5, 0.6) is 5.75 Å². The van der Waals surface area contributed by atoms with Gasteiger partial charge in [-0.15, -0.1) is 0 Å². The van der Waals surface area contributed by atoms with E-state index in [9.17, 15) is 8.42 Å². The van der Waals surface area contributed by atoms with Gasteiger partial charge in [0.05, 0.1) is 12.4 Å². The van der Waals surface area contributed by atoms with E-state index >= 15 is 0 Å². The summed E-state index contributed by atoms with van der Waals surface area (Å²) in [5.41, 5.74) is 2.05. The third kappa shape index (κ3) is 5.06. The molecule has 1 saturated heterocycles. The van der Waals surface area contributed by atoms with Crippen LogP contribution in [0.4, 0.5) is 0 Å². The highest BCUT2D eigenvalue weighted by Gasteiger charge is 2.27. The summed E-state index contributed by atoms with van der Waals surface area (Å²) in [7, 11) is -3.25. The monoisotopic (exact) mass is 374 g/mol. The third-order valence-electron chi connectivity index (χ3n) is 4.56. The van der Waals surface area contributed by atoms with E-state index < -0.39 is 10.0 Å². The van der Waals surface area contributed by atoms with Crippen molar-refractivity contribution in [2.45, 2.75) is 19.2 Å². The van der Waals surface area contributed by atoms with E-state index in [1.165, 1.54) is 5.56 Å². The molecule has 2 aromatic rings. The van der Waals surface area contributed by atoms with Gasteiger partial charge in [-0.1, -0.05) is 42.5 Å². The van der Waals surface area contributed by atoms with Crippen molar-refractivity contribution >= 4 is 10.0 Å². The number of sulfonamides is 1. The minimum absolute atomic E-state index is 0.0761. The zero-order valence-electron chi connectivity index (χ0n) is 15.2. The summed E-state index contributed by atoms with van der Waals surface area (Å²) in [6.07, 6.45) is 0. The molecule has 0 amide bonds. The molecule has 6 heteroatoms. The molecule has 0 aromatic heterocycles. The maximum atomic E-state index is 12.6. The number of ether oxygens (including phenoxy) is 1. The van der Waals surface area contributed by atoms with Gasteiger partial charge in [-0.25, -0.2) is 8.42 Å². The van der Waals surface area contributed by atoms with Gasteiger partial charge in [0.2, 0.25) is 10.0 Å². The minimum atomic E-state index is -3.25. The molecule has 1 aliphatic heterocycles. The van der Waals surface area contributed by atoms with Gasteiger partial charge in [0.1, 0.15) is 5.75 Å². The van der Waals surface area contributed by atoms with Crippen molar-refractivity contribution in [3.05, 3.63) is 65.7 Å². The van der Waals surface area contributed by atoms with Crippen LogP contribution in [0, 0.1) is 0 Å². The predicted octanol–water partition coefficient (Wildman–Crippen LogP) is 2.73. The standard InChI is InChI=1S/C20H26N2O3S/c1-2-25-20-10-8-18(9-11-20)16-21-12-14-22(15-13-21)26(23,24)17-19-6-4-3-5-7-19/h3-11H,2,12-17H2,1H3. The molecule has 0 aliphatic carbocycles. The number of nitrogens with zero attached hydrogens (tertiary/aromatic N) is 2. The highest BCUT2D eigenvalue weighted by molar-refractivity contribution is 7.88. The van der Waals surface area contributed by atoms with Crippen molar-refractivity contribution in [2.75, 3.05) is 32.8 Å². The van der Waals surface area contributed by atoms with Gasteiger partial charge in [-0.3, -0.25) is 4.90 Å². The van der Waals surface area contributed by atoms with Crippen LogP contribution in [0.25, 0.3) is 0 Å². The second-order valence-corrected chi connectivity index (χ2v) is 8.46. The fourth-order valence-corrected chi connectivity index (χ4v) is 4.67. The maximum absolute atomic E-state index is 12.6. The van der Waals surface area contributed by atoms with Crippen LogP contribution in [0.3, 0.4) is 0 Å². The summed E-state index contributed by atoms with van der Waals surface area (Å²) < 4.78 is 32.3. The zero-order chi connectivity index (χ0) is 18.4. The Morgan fingerprint density at radius 1 is 0.885 bits per heavy atom. The largest absolute Gasteiger partial charge is 0.494 e. The third-order valence-corrected chi connectivity index (χ3v) is 6.41. The summed E-state index contributed by atoms with van der Waals surface area (Å²) >= 11 is 0. The van der Waals surface area contributed by atoms with Gasteiger partial charge < -0.3 is 4.74 Å². The highest BCUT2D eigenvalue weighted by Crippen LogP contribution is 2.17. The van der Waals surface area contributed by atoms with Crippen LogP contribution >= 0.6 is 0 Å². The smallest absolute Gasteiger partial charge is 0.218 e. The van der Waals surface area contributed by atoms with Gasteiger partial charge in [-0.05, 0) is 30.2 Å².